The van der Waals surface area contributed by atoms with E-state index in [0.29, 0.717) is 44.5 Å². The summed E-state index contributed by atoms with van der Waals surface area (Å²) < 4.78 is 77.2. The molecule has 0 bridgehead atoms. The van der Waals surface area contributed by atoms with Gasteiger partial charge >= 0.3 is 71.0 Å². The monoisotopic (exact) mass is 1140 g/mol. The standard InChI is InChI=1S/C62H42N6O10S2.2Na.2H/c69-79(70,71)59-41-49(67(61-63-37-13-38-64-61,75-55-27-9-19-43-15-1-5-23-51(43)55)76-56-28-10-20-44-16-2-6-24-52(44)56)35-33-47(59)31-32-48-34-36-50(42-60(48)80(72,73)74)68(62-65-39-14-40-66-62,77-57-29-11-21-45-17-3-7-25-53(45)57)78-58-30-12-22-46-18-4-8-26-54(46)58;;;;/h1-42H;;;;/p+2. The van der Waals surface area contributed by atoms with Gasteiger partial charge in [0.15, 0.2) is 0 Å². The Balaban J connectivity index is 0.00000376. The number of aromatic nitrogens is 4. The van der Waals surface area contributed by atoms with E-state index in [4.69, 9.17) is 19.4 Å². The number of hydrogen-bond acceptors (Lipinski definition) is 12. The van der Waals surface area contributed by atoms with Crippen LogP contribution in [0, 0.1) is 0 Å². The second kappa shape index (κ2) is 23.9. The number of quaternary nitrogens is 2. The first-order valence-electron chi connectivity index (χ1n) is 24.8. The van der Waals surface area contributed by atoms with Crippen LogP contribution >= 0.6 is 0 Å². The average molecular weight is 1150 g/mol. The van der Waals surface area contributed by atoms with E-state index in [2.05, 4.69) is 19.9 Å². The zero-order chi connectivity index (χ0) is 54.9. The summed E-state index contributed by atoms with van der Waals surface area (Å²) in [5.74, 6) is 1.06. The zero-order valence-corrected chi connectivity index (χ0v) is 43.5. The molecule has 0 unspecified atom stereocenters. The predicted molar refractivity (Wildman–Crippen MR) is 321 cm³/mol. The van der Waals surface area contributed by atoms with Crippen LogP contribution in [-0.4, -0.2) is 105 Å². The Morgan fingerprint density at radius 3 is 0.890 bits per heavy atom. The molecule has 20 heteroatoms. The van der Waals surface area contributed by atoms with Crippen molar-refractivity contribution in [2.75, 3.05) is 0 Å². The van der Waals surface area contributed by atoms with Crippen LogP contribution < -0.4 is 29.0 Å². The summed E-state index contributed by atoms with van der Waals surface area (Å²) >= 11 is 0. The first-order valence-corrected chi connectivity index (χ1v) is 27.7. The number of hydrogen-bond donors (Lipinski definition) is 2. The van der Waals surface area contributed by atoms with Crippen LogP contribution in [0.3, 0.4) is 0 Å². The molecule has 2 heterocycles. The molecule has 0 saturated carbocycles. The third kappa shape index (κ3) is 11.4. The van der Waals surface area contributed by atoms with Crippen molar-refractivity contribution in [3.05, 3.63) is 254 Å². The van der Waals surface area contributed by atoms with Gasteiger partial charge in [0, 0.05) is 70.6 Å². The van der Waals surface area contributed by atoms with Gasteiger partial charge in [-0.05, 0) is 81.2 Å². The molecule has 396 valence electrons. The number of fused-ring (bicyclic) bond motifs is 4. The molecule has 2 aromatic heterocycles. The molecular weight excluding hydrogens is 1100 g/mol. The van der Waals surface area contributed by atoms with E-state index in [1.807, 2.05) is 121 Å². The van der Waals surface area contributed by atoms with E-state index < -0.39 is 39.6 Å². The molecular formula is C62H46N6Na2O10S2+2. The van der Waals surface area contributed by atoms with Crippen molar-refractivity contribution in [1.29, 1.82) is 0 Å². The van der Waals surface area contributed by atoms with E-state index in [1.54, 1.807) is 60.7 Å². The fourth-order valence-electron chi connectivity index (χ4n) is 9.50. The van der Waals surface area contributed by atoms with Crippen LogP contribution in [0.4, 0.5) is 23.3 Å². The van der Waals surface area contributed by atoms with E-state index in [9.17, 15) is 25.9 Å². The molecule has 0 atom stereocenters. The van der Waals surface area contributed by atoms with Crippen molar-refractivity contribution in [2.24, 2.45) is 0 Å². The molecule has 82 heavy (non-hydrogen) atoms. The van der Waals surface area contributed by atoms with Crippen molar-refractivity contribution >= 4 is 158 Å². The van der Waals surface area contributed by atoms with Crippen molar-refractivity contribution in [2.45, 2.75) is 9.79 Å². The third-order valence-corrected chi connectivity index (χ3v) is 15.0. The van der Waals surface area contributed by atoms with E-state index in [-0.39, 0.29) is 93.5 Å². The van der Waals surface area contributed by atoms with Crippen molar-refractivity contribution in [3.8, 4) is 23.0 Å². The molecule has 0 aliphatic heterocycles. The second-order valence-corrected chi connectivity index (χ2v) is 21.0. The van der Waals surface area contributed by atoms with Crippen LogP contribution in [0.15, 0.2) is 253 Å². The molecule has 0 radical (unpaired) electrons. The van der Waals surface area contributed by atoms with Crippen LogP contribution in [0.2, 0.25) is 0 Å². The summed E-state index contributed by atoms with van der Waals surface area (Å²) in [6, 6.07) is 63.1. The SMILES string of the molecule is O=S(=O)(O)c1cc([N+](Oc2cccc3ccccc23)(Oc2cccc3ccccc23)c2ncccn2)ccc1C=Cc1ccc([N+](Oc2cccc3ccccc23)(Oc2cccc3ccccc23)c2ncccn2)cc1S(=O)(=O)O.[NaH].[NaH]. The van der Waals surface area contributed by atoms with Gasteiger partial charge in [-0.3, -0.25) is 28.5 Å². The van der Waals surface area contributed by atoms with E-state index in [0.717, 1.165) is 33.7 Å². The van der Waals surface area contributed by atoms with Crippen molar-refractivity contribution < 1.29 is 45.3 Å². The van der Waals surface area contributed by atoms with Gasteiger partial charge in [-0.2, -0.15) is 36.8 Å². The molecule has 2 N–H and O–H groups in total. The van der Waals surface area contributed by atoms with Crippen molar-refractivity contribution in [1.82, 2.24) is 29.6 Å². The molecule has 12 aromatic rings. The van der Waals surface area contributed by atoms with Crippen LogP contribution in [0.1, 0.15) is 11.1 Å². The van der Waals surface area contributed by atoms with Crippen LogP contribution in [0.5, 0.6) is 23.0 Å². The summed E-state index contributed by atoms with van der Waals surface area (Å²) in [5.41, 5.74) is -0.241. The van der Waals surface area contributed by atoms with Gasteiger partial charge in [0.05, 0.1) is 0 Å². The first-order chi connectivity index (χ1) is 38.9. The molecule has 12 rings (SSSR count). The Kier molecular flexibility index (Phi) is 16.7. The fraction of sp³-hybridized carbons (Fsp3) is 0. The summed E-state index contributed by atoms with van der Waals surface area (Å²) in [7, 11) is -10.3. The molecule has 0 amide bonds. The number of benzene rings is 10. The number of rotatable bonds is 16. The maximum atomic E-state index is 13.8. The van der Waals surface area contributed by atoms with Gasteiger partial charge in [-0.25, -0.2) is 0 Å². The van der Waals surface area contributed by atoms with Gasteiger partial charge in [0.1, 0.15) is 19.4 Å². The maximum absolute atomic E-state index is 13.8. The molecule has 10 aromatic carbocycles. The third-order valence-electron chi connectivity index (χ3n) is 13.2. The average Bonchev–Trinajstić information content (AvgIpc) is 3.64. The van der Waals surface area contributed by atoms with Gasteiger partial charge in [-0.1, -0.05) is 158 Å². The minimum atomic E-state index is -5.13. The quantitative estimate of drug-likeness (QED) is 0.0305. The Labute approximate surface area is 515 Å². The summed E-state index contributed by atoms with van der Waals surface area (Å²) in [4.78, 5) is 42.8. The molecule has 0 aliphatic rings. The molecule has 0 spiro atoms. The zero-order valence-electron chi connectivity index (χ0n) is 41.9. The van der Waals surface area contributed by atoms with Crippen LogP contribution in [0.25, 0.3) is 55.2 Å². The number of nitrogens with zero attached hydrogens (tertiary/aromatic N) is 6. The summed E-state index contributed by atoms with van der Waals surface area (Å²) in [6.07, 6.45) is 8.48. The topological polar surface area (TPSA) is 197 Å². The minimum absolute atomic E-state index is 0. The molecule has 0 fully saturated rings. The Morgan fingerprint density at radius 2 is 0.610 bits per heavy atom. The van der Waals surface area contributed by atoms with Crippen LogP contribution in [-0.2, 0) is 20.2 Å². The molecule has 0 aliphatic carbocycles. The molecule has 16 nitrogen and oxygen atoms in total. The van der Waals surface area contributed by atoms with Gasteiger partial charge in [0.2, 0.25) is 34.4 Å². The van der Waals surface area contributed by atoms with Gasteiger partial charge in [0.25, 0.3) is 20.2 Å². The van der Waals surface area contributed by atoms with E-state index >= 15 is 0 Å². The Bertz CT molecular complexity index is 4130. The van der Waals surface area contributed by atoms with Gasteiger partial charge in [-0.15, -0.1) is 0 Å². The summed E-state index contributed by atoms with van der Waals surface area (Å²) in [6.45, 7) is 0. The molecule has 0 saturated heterocycles. The first kappa shape index (κ1) is 57.3. The van der Waals surface area contributed by atoms with Crippen molar-refractivity contribution in [3.63, 3.8) is 0 Å². The fourth-order valence-corrected chi connectivity index (χ4v) is 10.9. The predicted octanol–water partition coefficient (Wildman–Crippen LogP) is 12.5. The Hall–Kier alpha value is -7.92. The normalized spacial score (nSPS) is 12.0. The Morgan fingerprint density at radius 1 is 0.341 bits per heavy atom. The summed E-state index contributed by atoms with van der Waals surface area (Å²) in [5, 5.41) is 6.02. The van der Waals surface area contributed by atoms with Gasteiger partial charge < -0.3 is 0 Å². The second-order valence-electron chi connectivity index (χ2n) is 18.2. The van der Waals surface area contributed by atoms with E-state index in [1.165, 1.54) is 61.2 Å².